The SMILES string of the molecule is CC1(C)c2ccccc2-c2c(-c3cccc(-c4cccc(-c5cccc6c7cc(-c8ccccc8)ccc7n(-c7nc(-c8ccccc8)nc(-c8ccc9c%10c(oc9c8)CC=CC=C%10)n7)c56)c4)c3)cccc21. The van der Waals surface area contributed by atoms with E-state index in [4.69, 9.17) is 19.4 Å². The molecule has 14 rings (SSSR count). The fraction of sp³-hybridized carbons (Fsp3) is 0.0597. The Bertz CT molecular complexity index is 4210. The van der Waals surface area contributed by atoms with E-state index in [1.807, 2.05) is 18.2 Å². The van der Waals surface area contributed by atoms with E-state index >= 15 is 0 Å². The van der Waals surface area contributed by atoms with E-state index in [0.29, 0.717) is 17.6 Å². The van der Waals surface area contributed by atoms with Crippen LogP contribution >= 0.6 is 0 Å². The highest BCUT2D eigenvalue weighted by Crippen LogP contribution is 2.52. The second kappa shape index (κ2) is 16.5. The van der Waals surface area contributed by atoms with Crippen LogP contribution in [0.25, 0.3) is 123 Å². The number of hydrogen-bond donors (Lipinski definition) is 0. The molecule has 340 valence electrons. The Morgan fingerprint density at radius 2 is 1.06 bits per heavy atom. The zero-order chi connectivity index (χ0) is 47.9. The third kappa shape index (κ3) is 6.73. The van der Waals surface area contributed by atoms with Gasteiger partial charge in [0.1, 0.15) is 11.3 Å². The van der Waals surface area contributed by atoms with Gasteiger partial charge in [0.25, 0.3) is 0 Å². The predicted molar refractivity (Wildman–Crippen MR) is 296 cm³/mol. The average molecular weight is 923 g/mol. The van der Waals surface area contributed by atoms with Crippen LogP contribution in [-0.2, 0) is 11.8 Å². The van der Waals surface area contributed by atoms with E-state index in [1.54, 1.807) is 0 Å². The number of fused-ring (bicyclic) bond motifs is 9. The maximum Gasteiger partial charge on any atom is 0.238 e. The van der Waals surface area contributed by atoms with Gasteiger partial charge in [0.15, 0.2) is 11.6 Å². The Hall–Kier alpha value is -9.19. The number of hydrogen-bond acceptors (Lipinski definition) is 4. The van der Waals surface area contributed by atoms with Crippen molar-refractivity contribution in [2.75, 3.05) is 0 Å². The van der Waals surface area contributed by atoms with Gasteiger partial charge >= 0.3 is 0 Å². The van der Waals surface area contributed by atoms with Crippen LogP contribution in [0, 0.1) is 0 Å². The molecule has 0 spiro atoms. The maximum absolute atomic E-state index is 6.51. The highest BCUT2D eigenvalue weighted by Gasteiger charge is 2.36. The first kappa shape index (κ1) is 41.8. The molecule has 3 aromatic heterocycles. The monoisotopic (exact) mass is 922 g/mol. The van der Waals surface area contributed by atoms with Gasteiger partial charge < -0.3 is 4.42 Å². The summed E-state index contributed by atoms with van der Waals surface area (Å²) in [6, 6.07) is 74.2. The molecule has 0 aliphatic heterocycles. The summed E-state index contributed by atoms with van der Waals surface area (Å²) in [6.07, 6.45) is 9.14. The molecule has 2 aliphatic carbocycles. The van der Waals surface area contributed by atoms with Gasteiger partial charge in [0, 0.05) is 50.2 Å². The summed E-state index contributed by atoms with van der Waals surface area (Å²) in [5, 5.41) is 3.29. The zero-order valence-corrected chi connectivity index (χ0v) is 39.8. The number of para-hydroxylation sites is 1. The third-order valence-corrected chi connectivity index (χ3v) is 14.9. The lowest BCUT2D eigenvalue weighted by Gasteiger charge is -2.21. The molecule has 0 amide bonds. The van der Waals surface area contributed by atoms with Crippen molar-refractivity contribution in [1.82, 2.24) is 19.5 Å². The Kier molecular flexibility index (Phi) is 9.55. The van der Waals surface area contributed by atoms with Crippen molar-refractivity contribution in [2.45, 2.75) is 25.7 Å². The minimum absolute atomic E-state index is 0.0735. The van der Waals surface area contributed by atoms with E-state index < -0.39 is 0 Å². The molecule has 5 nitrogen and oxygen atoms in total. The number of benzene rings is 9. The van der Waals surface area contributed by atoms with E-state index in [1.165, 1.54) is 33.4 Å². The third-order valence-electron chi connectivity index (χ3n) is 14.9. The van der Waals surface area contributed by atoms with Crippen molar-refractivity contribution in [3.8, 4) is 84.4 Å². The summed E-state index contributed by atoms with van der Waals surface area (Å²) >= 11 is 0. The van der Waals surface area contributed by atoms with Crippen LogP contribution in [-0.4, -0.2) is 19.5 Å². The standard InChI is InChI=1S/C67H46N4O/c1-67(2)57-31-13-12-27-55(57)62-50(28-17-32-58(62)67)47-24-14-22-44(38-47)45-23-15-25-48(39-45)51-29-16-30-54-56-40-46(42-18-6-3-7-19-42)35-37-59(56)71(63(51)54)66-69-64(43-20-8-4-9-21-43)68-65(70-66)49-34-36-53-52-26-10-5-11-33-60(52)72-61(53)41-49/h3-32,34-41H,33H2,1-2H3. The Labute approximate surface area is 417 Å². The highest BCUT2D eigenvalue weighted by atomic mass is 16.3. The van der Waals surface area contributed by atoms with Crippen LogP contribution in [0.3, 0.4) is 0 Å². The first-order valence-corrected chi connectivity index (χ1v) is 24.7. The number of nitrogens with zero attached hydrogens (tertiary/aromatic N) is 4. The van der Waals surface area contributed by atoms with Gasteiger partial charge in [0.05, 0.1) is 11.0 Å². The predicted octanol–water partition coefficient (Wildman–Crippen LogP) is 17.1. The zero-order valence-electron chi connectivity index (χ0n) is 39.8. The number of furan rings is 1. The molecule has 0 atom stereocenters. The van der Waals surface area contributed by atoms with Crippen LogP contribution < -0.4 is 0 Å². The van der Waals surface area contributed by atoms with Crippen LogP contribution in [0.2, 0.25) is 0 Å². The maximum atomic E-state index is 6.51. The fourth-order valence-corrected chi connectivity index (χ4v) is 11.4. The van der Waals surface area contributed by atoms with E-state index in [2.05, 4.69) is 231 Å². The Morgan fingerprint density at radius 1 is 0.444 bits per heavy atom. The summed E-state index contributed by atoms with van der Waals surface area (Å²) in [5.74, 6) is 2.64. The summed E-state index contributed by atoms with van der Waals surface area (Å²) in [6.45, 7) is 4.69. The molecule has 0 saturated carbocycles. The topological polar surface area (TPSA) is 56.7 Å². The molecule has 0 saturated heterocycles. The lowest BCUT2D eigenvalue weighted by molar-refractivity contribution is 0.564. The second-order valence-electron chi connectivity index (χ2n) is 19.5. The number of allylic oxidation sites excluding steroid dienone is 3. The van der Waals surface area contributed by atoms with Crippen LogP contribution in [0.4, 0.5) is 0 Å². The van der Waals surface area contributed by atoms with E-state index in [-0.39, 0.29) is 5.41 Å². The molecule has 0 fully saturated rings. The molecular weight excluding hydrogens is 877 g/mol. The molecule has 12 aromatic rings. The van der Waals surface area contributed by atoms with Crippen LogP contribution in [0.5, 0.6) is 0 Å². The van der Waals surface area contributed by atoms with Gasteiger partial charge in [-0.2, -0.15) is 9.97 Å². The van der Waals surface area contributed by atoms with E-state index in [9.17, 15) is 0 Å². The van der Waals surface area contributed by atoms with Crippen molar-refractivity contribution in [3.05, 3.63) is 247 Å². The lowest BCUT2D eigenvalue weighted by atomic mass is 9.82. The smallest absolute Gasteiger partial charge is 0.238 e. The van der Waals surface area contributed by atoms with Crippen LogP contribution in [0.1, 0.15) is 36.3 Å². The summed E-state index contributed by atoms with van der Waals surface area (Å²) in [4.78, 5) is 16.0. The first-order valence-electron chi connectivity index (χ1n) is 24.7. The molecule has 0 bridgehead atoms. The second-order valence-corrected chi connectivity index (χ2v) is 19.5. The molecular formula is C67H46N4O. The summed E-state index contributed by atoms with van der Waals surface area (Å²) < 4.78 is 8.76. The van der Waals surface area contributed by atoms with Gasteiger partial charge in [-0.05, 0) is 97.6 Å². The molecule has 3 heterocycles. The average Bonchev–Trinajstić information content (AvgIpc) is 3.96. The minimum Gasteiger partial charge on any atom is -0.460 e. The molecule has 2 aliphatic rings. The van der Waals surface area contributed by atoms with Gasteiger partial charge in [-0.3, -0.25) is 4.57 Å². The van der Waals surface area contributed by atoms with Crippen molar-refractivity contribution in [2.24, 2.45) is 0 Å². The summed E-state index contributed by atoms with van der Waals surface area (Å²) in [7, 11) is 0. The molecule has 0 unspecified atom stereocenters. The quantitative estimate of drug-likeness (QED) is 0.160. The lowest BCUT2D eigenvalue weighted by Crippen LogP contribution is -2.14. The minimum atomic E-state index is -0.0735. The van der Waals surface area contributed by atoms with Crippen molar-refractivity contribution in [3.63, 3.8) is 0 Å². The van der Waals surface area contributed by atoms with Crippen molar-refractivity contribution >= 4 is 38.9 Å². The first-order chi connectivity index (χ1) is 35.4. The molecule has 0 radical (unpaired) electrons. The van der Waals surface area contributed by atoms with Crippen molar-refractivity contribution < 1.29 is 4.42 Å². The van der Waals surface area contributed by atoms with Gasteiger partial charge in [-0.15, -0.1) is 0 Å². The van der Waals surface area contributed by atoms with E-state index in [0.717, 1.165) is 95.0 Å². The van der Waals surface area contributed by atoms with Gasteiger partial charge in [-0.1, -0.05) is 208 Å². The molecule has 0 N–H and O–H groups in total. The fourth-order valence-electron chi connectivity index (χ4n) is 11.4. The van der Waals surface area contributed by atoms with Gasteiger partial charge in [0.2, 0.25) is 5.95 Å². The Morgan fingerprint density at radius 3 is 1.86 bits per heavy atom. The Balaban J connectivity index is 0.960. The highest BCUT2D eigenvalue weighted by molar-refractivity contribution is 6.14. The van der Waals surface area contributed by atoms with Gasteiger partial charge in [-0.25, -0.2) is 4.98 Å². The normalized spacial score (nSPS) is 13.4. The number of aromatic nitrogens is 4. The summed E-state index contributed by atoms with van der Waals surface area (Å²) in [5.41, 5.74) is 20.3. The largest absolute Gasteiger partial charge is 0.460 e. The molecule has 9 aromatic carbocycles. The van der Waals surface area contributed by atoms with Crippen LogP contribution in [0.15, 0.2) is 229 Å². The van der Waals surface area contributed by atoms with Crippen molar-refractivity contribution in [1.29, 1.82) is 0 Å². The molecule has 5 heteroatoms. The number of rotatable bonds is 7. The molecule has 72 heavy (non-hydrogen) atoms.